The summed E-state index contributed by atoms with van der Waals surface area (Å²) in [6, 6.07) is 17.1. The van der Waals surface area contributed by atoms with Crippen LogP contribution in [0.25, 0.3) is 0 Å². The van der Waals surface area contributed by atoms with E-state index in [1.807, 2.05) is 47.4 Å². The minimum atomic E-state index is -0.663. The lowest BCUT2D eigenvalue weighted by atomic mass is 10.1. The Labute approximate surface area is 238 Å². The number of carbonyl (C=O) groups is 3. The van der Waals surface area contributed by atoms with E-state index >= 15 is 0 Å². The summed E-state index contributed by atoms with van der Waals surface area (Å²) in [4.78, 5) is 54.0. The van der Waals surface area contributed by atoms with Crippen LogP contribution in [-0.4, -0.2) is 96.8 Å². The van der Waals surface area contributed by atoms with Crippen LogP contribution in [0, 0.1) is 0 Å². The van der Waals surface area contributed by atoms with Crippen molar-refractivity contribution in [3.8, 4) is 0 Å². The molecule has 2 aromatic carbocycles. The van der Waals surface area contributed by atoms with Crippen molar-refractivity contribution in [2.75, 3.05) is 57.1 Å². The summed E-state index contributed by atoms with van der Waals surface area (Å²) < 4.78 is 5.01. The number of benzene rings is 2. The lowest BCUT2D eigenvalue weighted by Crippen LogP contribution is -2.49. The van der Waals surface area contributed by atoms with Gasteiger partial charge in [-0.3, -0.25) is 19.4 Å². The van der Waals surface area contributed by atoms with Crippen LogP contribution in [-0.2, 0) is 19.1 Å². The van der Waals surface area contributed by atoms with Gasteiger partial charge < -0.3 is 19.9 Å². The third-order valence-electron chi connectivity index (χ3n) is 7.11. The van der Waals surface area contributed by atoms with E-state index in [1.165, 1.54) is 16.7 Å². The van der Waals surface area contributed by atoms with Crippen molar-refractivity contribution in [3.05, 3.63) is 60.2 Å². The quantitative estimate of drug-likeness (QED) is 0.447. The van der Waals surface area contributed by atoms with Crippen LogP contribution < -0.4 is 10.2 Å². The zero-order valence-corrected chi connectivity index (χ0v) is 23.4. The van der Waals surface area contributed by atoms with Gasteiger partial charge in [0.25, 0.3) is 5.91 Å². The summed E-state index contributed by atoms with van der Waals surface area (Å²) >= 11 is 1.21. The number of aliphatic imine (C=N–C) groups is 2. The molecular formula is C29H34N6O4S. The average Bonchev–Trinajstić information content (AvgIpc) is 3.33. The molecule has 0 spiro atoms. The number of piperazine rings is 1. The molecule has 1 atom stereocenters. The van der Waals surface area contributed by atoms with E-state index in [2.05, 4.69) is 27.3 Å². The molecule has 40 heavy (non-hydrogen) atoms. The SMILES string of the molecule is COCCCNC(=O)CSC1=Nc2ccccc2C2=N[C@@H](CCC(=O)N3CCN(c4ccccc4)CC3)C(=O)N12. The van der Waals surface area contributed by atoms with Gasteiger partial charge in [0.15, 0.2) is 5.17 Å². The lowest BCUT2D eigenvalue weighted by Gasteiger charge is -2.36. The summed E-state index contributed by atoms with van der Waals surface area (Å²) in [5, 5.41) is 3.29. The highest BCUT2D eigenvalue weighted by molar-refractivity contribution is 8.14. The molecule has 3 amide bonds. The van der Waals surface area contributed by atoms with E-state index in [9.17, 15) is 14.4 Å². The van der Waals surface area contributed by atoms with Crippen molar-refractivity contribution < 1.29 is 19.1 Å². The molecule has 0 aromatic heterocycles. The molecule has 3 heterocycles. The molecule has 2 aromatic rings. The number of fused-ring (bicyclic) bond motifs is 3. The fourth-order valence-corrected chi connectivity index (χ4v) is 5.81. The van der Waals surface area contributed by atoms with Gasteiger partial charge in [0, 0.05) is 64.1 Å². The van der Waals surface area contributed by atoms with E-state index in [1.54, 1.807) is 7.11 Å². The topological polar surface area (TPSA) is 107 Å². The maximum atomic E-state index is 13.5. The van der Waals surface area contributed by atoms with Gasteiger partial charge in [0.2, 0.25) is 11.8 Å². The Balaban J connectivity index is 1.19. The maximum Gasteiger partial charge on any atom is 0.259 e. The molecule has 0 bridgehead atoms. The highest BCUT2D eigenvalue weighted by Gasteiger charge is 2.41. The molecule has 3 aliphatic heterocycles. The fraction of sp³-hybridized carbons (Fsp3) is 0.414. The van der Waals surface area contributed by atoms with Gasteiger partial charge in [0.05, 0.1) is 11.4 Å². The van der Waals surface area contributed by atoms with Gasteiger partial charge in [-0.25, -0.2) is 9.89 Å². The number of para-hydroxylation sites is 2. The van der Waals surface area contributed by atoms with Crippen molar-refractivity contribution in [3.63, 3.8) is 0 Å². The standard InChI is InChI=1S/C29H34N6O4S/c1-39-19-7-14-30-25(36)20-40-29-32-23-11-6-5-10-22(23)27-31-24(28(38)35(27)29)12-13-26(37)34-17-15-33(16-18-34)21-8-3-2-4-9-21/h2-6,8-11,24H,7,12-20H2,1H3,(H,30,36)/t24-/m0/s1. The second-order valence-corrected chi connectivity index (χ2v) is 10.7. The number of methoxy groups -OCH3 is 1. The Hall–Kier alpha value is -3.70. The number of thioether (sulfide) groups is 1. The first kappa shape index (κ1) is 27.9. The van der Waals surface area contributed by atoms with Gasteiger partial charge in [-0.2, -0.15) is 0 Å². The molecule has 0 unspecified atom stereocenters. The molecule has 0 saturated carbocycles. The Bertz CT molecular complexity index is 1290. The first-order chi connectivity index (χ1) is 19.5. The summed E-state index contributed by atoms with van der Waals surface area (Å²) in [5.41, 5.74) is 2.65. The van der Waals surface area contributed by atoms with Gasteiger partial charge >= 0.3 is 0 Å². The Morgan fingerprint density at radius 2 is 1.80 bits per heavy atom. The number of nitrogens with one attached hydrogen (secondary N) is 1. The lowest BCUT2D eigenvalue weighted by molar-refractivity contribution is -0.132. The Kier molecular flexibility index (Phi) is 9.12. The van der Waals surface area contributed by atoms with Crippen molar-refractivity contribution in [1.82, 2.24) is 15.1 Å². The third-order valence-corrected chi connectivity index (χ3v) is 8.05. The Morgan fingerprint density at radius 1 is 1.05 bits per heavy atom. The van der Waals surface area contributed by atoms with Gasteiger partial charge in [-0.15, -0.1) is 0 Å². The average molecular weight is 563 g/mol. The molecule has 1 fully saturated rings. The molecule has 11 heteroatoms. The van der Waals surface area contributed by atoms with Crippen LogP contribution in [0.3, 0.4) is 0 Å². The zero-order chi connectivity index (χ0) is 27.9. The number of anilines is 1. The first-order valence-electron chi connectivity index (χ1n) is 13.6. The maximum absolute atomic E-state index is 13.5. The van der Waals surface area contributed by atoms with E-state index in [0.717, 1.165) is 30.8 Å². The van der Waals surface area contributed by atoms with Crippen LogP contribution in [0.5, 0.6) is 0 Å². The molecule has 3 aliphatic rings. The normalized spacial score (nSPS) is 18.2. The molecule has 0 aliphatic carbocycles. The van der Waals surface area contributed by atoms with Crippen molar-refractivity contribution in [2.45, 2.75) is 25.3 Å². The number of carbonyl (C=O) groups excluding carboxylic acids is 3. The van der Waals surface area contributed by atoms with Crippen molar-refractivity contribution >= 4 is 51.9 Å². The van der Waals surface area contributed by atoms with Crippen LogP contribution in [0.2, 0.25) is 0 Å². The summed E-state index contributed by atoms with van der Waals surface area (Å²) in [6.45, 7) is 3.97. The predicted molar refractivity (Wildman–Crippen MR) is 157 cm³/mol. The smallest absolute Gasteiger partial charge is 0.259 e. The number of ether oxygens (including phenoxy) is 1. The highest BCUT2D eigenvalue weighted by atomic mass is 32.2. The van der Waals surface area contributed by atoms with E-state index in [4.69, 9.17) is 9.73 Å². The molecule has 5 rings (SSSR count). The van der Waals surface area contributed by atoms with Gasteiger partial charge in [0.1, 0.15) is 11.9 Å². The van der Waals surface area contributed by atoms with E-state index in [-0.39, 0.29) is 29.9 Å². The number of amides is 3. The van der Waals surface area contributed by atoms with E-state index < -0.39 is 6.04 Å². The highest BCUT2D eigenvalue weighted by Crippen LogP contribution is 2.34. The molecule has 1 saturated heterocycles. The monoisotopic (exact) mass is 562 g/mol. The molecule has 0 radical (unpaired) electrons. The van der Waals surface area contributed by atoms with Crippen LogP contribution in [0.15, 0.2) is 64.6 Å². The molecule has 1 N–H and O–H groups in total. The molecule has 210 valence electrons. The van der Waals surface area contributed by atoms with Gasteiger partial charge in [-0.05, 0) is 37.1 Å². The van der Waals surface area contributed by atoms with Crippen LogP contribution >= 0.6 is 11.8 Å². The van der Waals surface area contributed by atoms with Gasteiger partial charge in [-0.1, -0.05) is 42.1 Å². The largest absolute Gasteiger partial charge is 0.385 e. The summed E-state index contributed by atoms with van der Waals surface area (Å²) in [5.74, 6) is 0.357. The fourth-order valence-electron chi connectivity index (χ4n) is 4.98. The number of hydrogen-bond donors (Lipinski definition) is 1. The molecular weight excluding hydrogens is 528 g/mol. The van der Waals surface area contributed by atoms with Crippen LogP contribution in [0.1, 0.15) is 24.8 Å². The third kappa shape index (κ3) is 6.37. The van der Waals surface area contributed by atoms with Crippen LogP contribution in [0.4, 0.5) is 11.4 Å². The zero-order valence-electron chi connectivity index (χ0n) is 22.6. The second-order valence-electron chi connectivity index (χ2n) is 9.78. The minimum Gasteiger partial charge on any atom is -0.385 e. The Morgan fingerprint density at radius 3 is 2.58 bits per heavy atom. The second kappa shape index (κ2) is 13.1. The van der Waals surface area contributed by atoms with Crippen molar-refractivity contribution in [2.24, 2.45) is 9.98 Å². The van der Waals surface area contributed by atoms with Crippen molar-refractivity contribution in [1.29, 1.82) is 0 Å². The predicted octanol–water partition coefficient (Wildman–Crippen LogP) is 2.66. The number of rotatable bonds is 10. The number of hydrogen-bond acceptors (Lipinski definition) is 8. The first-order valence-corrected chi connectivity index (χ1v) is 14.6. The number of nitrogens with zero attached hydrogens (tertiary/aromatic N) is 5. The number of amidine groups is 2. The minimum absolute atomic E-state index is 0.0411. The van der Waals surface area contributed by atoms with E-state index in [0.29, 0.717) is 49.4 Å². The summed E-state index contributed by atoms with van der Waals surface area (Å²) in [7, 11) is 1.62. The molecule has 10 nitrogen and oxygen atoms in total. The summed E-state index contributed by atoms with van der Waals surface area (Å²) in [6.07, 6.45) is 1.31.